The van der Waals surface area contributed by atoms with E-state index in [0.29, 0.717) is 23.9 Å². The van der Waals surface area contributed by atoms with Crippen molar-refractivity contribution in [2.45, 2.75) is 232 Å². The predicted molar refractivity (Wildman–Crippen MR) is 361 cm³/mol. The molecule has 2 atom stereocenters. The number of carboxylic acid groups (broad SMARTS) is 1. The second-order valence-corrected chi connectivity index (χ2v) is 22.3. The Morgan fingerprint density at radius 3 is 0.965 bits per heavy atom. The summed E-state index contributed by atoms with van der Waals surface area (Å²) in [4.78, 5) is 37.4. The van der Waals surface area contributed by atoms with Crippen LogP contribution in [0.1, 0.15) is 219 Å². The van der Waals surface area contributed by atoms with Gasteiger partial charge in [0.25, 0.3) is 0 Å². The van der Waals surface area contributed by atoms with E-state index >= 15 is 0 Å². The van der Waals surface area contributed by atoms with E-state index in [1.807, 2.05) is 21.1 Å². The standard InChI is InChI=1S/C76H119NO8/c1-6-8-10-12-14-16-18-20-22-24-26-28-29-30-31-32-33-34-35-36-37-38-39-40-41-42-43-44-45-47-49-51-53-55-57-59-61-63-65-67-74(79)85-72(71-84-76(75(80)81)82-69-68-77(3,4)5)70-83-73(78)66-64-62-60-58-56-54-52-50-48-46-27-25-23-21-19-17-15-13-11-9-7-2/h8-11,14-17,20-23,26-28,30-31,33-34,36-37,39-40,42-43,46,50,52,56,58,72,76H,6-7,12-13,18-19,24-25,29,32,35,38,41,44-45,47-49,51,53-55,57,59-71H2,1-5H3/b10-8-,11-9-,16-14-,17-15-,22-20-,23-21-,28-26-,31-30-,34-33-,37-36-,40-39-,43-42-,46-27-,52-50-,58-56-. The Morgan fingerprint density at radius 1 is 0.353 bits per heavy atom. The van der Waals surface area contributed by atoms with E-state index in [1.165, 1.54) is 44.9 Å². The van der Waals surface area contributed by atoms with Crippen LogP contribution in [0.5, 0.6) is 0 Å². The van der Waals surface area contributed by atoms with Crippen LogP contribution in [0.15, 0.2) is 182 Å². The summed E-state index contributed by atoms with van der Waals surface area (Å²) in [5.41, 5.74) is 0. The molecule has 0 N–H and O–H groups in total. The molecule has 0 aromatic rings. The first kappa shape index (κ1) is 79.4. The molecule has 0 fully saturated rings. The number of quaternary nitrogens is 1. The molecule has 0 saturated heterocycles. The molecule has 0 aliphatic heterocycles. The lowest BCUT2D eigenvalue weighted by Crippen LogP contribution is -2.44. The average Bonchev–Trinajstić information content (AvgIpc) is 3.49. The Morgan fingerprint density at radius 2 is 0.635 bits per heavy atom. The largest absolute Gasteiger partial charge is 0.545 e. The van der Waals surface area contributed by atoms with E-state index in [4.69, 9.17) is 18.9 Å². The number of hydrogen-bond acceptors (Lipinski definition) is 8. The van der Waals surface area contributed by atoms with Crippen LogP contribution >= 0.6 is 0 Å². The Hall–Kier alpha value is -5.61. The number of carbonyl (C=O) groups excluding carboxylic acids is 3. The topological polar surface area (TPSA) is 111 Å². The lowest BCUT2D eigenvalue weighted by molar-refractivity contribution is -0.870. The van der Waals surface area contributed by atoms with Crippen molar-refractivity contribution in [1.82, 2.24) is 0 Å². The van der Waals surface area contributed by atoms with Crippen molar-refractivity contribution in [1.29, 1.82) is 0 Å². The van der Waals surface area contributed by atoms with Crippen LogP contribution < -0.4 is 5.11 Å². The van der Waals surface area contributed by atoms with Gasteiger partial charge < -0.3 is 33.3 Å². The van der Waals surface area contributed by atoms with E-state index in [9.17, 15) is 19.5 Å². The maximum absolute atomic E-state index is 12.9. The number of rotatable bonds is 58. The van der Waals surface area contributed by atoms with Crippen LogP contribution in [0.4, 0.5) is 0 Å². The second kappa shape index (κ2) is 64.4. The van der Waals surface area contributed by atoms with E-state index < -0.39 is 30.3 Å². The quantitative estimate of drug-likeness (QED) is 0.0195. The summed E-state index contributed by atoms with van der Waals surface area (Å²) in [5, 5.41) is 11.8. The Balaban J connectivity index is 4.23. The van der Waals surface area contributed by atoms with Gasteiger partial charge in [-0.2, -0.15) is 0 Å². The van der Waals surface area contributed by atoms with Crippen LogP contribution in [-0.2, 0) is 33.3 Å². The Kier molecular flexibility index (Phi) is 60.1. The summed E-state index contributed by atoms with van der Waals surface area (Å²) in [7, 11) is 5.90. The van der Waals surface area contributed by atoms with E-state index in [-0.39, 0.29) is 32.7 Å². The molecule has 0 amide bonds. The first-order valence-corrected chi connectivity index (χ1v) is 32.9. The van der Waals surface area contributed by atoms with Gasteiger partial charge >= 0.3 is 11.9 Å². The van der Waals surface area contributed by atoms with Gasteiger partial charge in [-0.15, -0.1) is 0 Å². The number of nitrogens with zero attached hydrogens (tertiary/aromatic N) is 1. The molecule has 85 heavy (non-hydrogen) atoms. The number of carbonyl (C=O) groups is 3. The van der Waals surface area contributed by atoms with Gasteiger partial charge in [0.1, 0.15) is 13.2 Å². The molecule has 0 saturated carbocycles. The summed E-state index contributed by atoms with van der Waals surface area (Å²) in [5.74, 6) is -2.37. The molecular weight excluding hydrogens is 1050 g/mol. The fourth-order valence-electron chi connectivity index (χ4n) is 8.18. The van der Waals surface area contributed by atoms with Crippen molar-refractivity contribution in [2.75, 3.05) is 47.5 Å². The lowest BCUT2D eigenvalue weighted by Gasteiger charge is -2.26. The van der Waals surface area contributed by atoms with Gasteiger partial charge in [0.05, 0.1) is 40.3 Å². The van der Waals surface area contributed by atoms with E-state index in [2.05, 4.69) is 196 Å². The number of ether oxygens (including phenoxy) is 4. The highest BCUT2D eigenvalue weighted by Crippen LogP contribution is 2.14. The molecule has 476 valence electrons. The van der Waals surface area contributed by atoms with Crippen molar-refractivity contribution >= 4 is 17.9 Å². The van der Waals surface area contributed by atoms with Gasteiger partial charge in [-0.05, 0) is 135 Å². The fraction of sp³-hybridized carbons (Fsp3) is 0.566. The van der Waals surface area contributed by atoms with Crippen LogP contribution in [0.3, 0.4) is 0 Å². The third-order valence-corrected chi connectivity index (χ3v) is 13.1. The predicted octanol–water partition coefficient (Wildman–Crippen LogP) is 19.1. The van der Waals surface area contributed by atoms with Crippen molar-refractivity contribution in [2.24, 2.45) is 0 Å². The first-order chi connectivity index (χ1) is 41.6. The van der Waals surface area contributed by atoms with Crippen molar-refractivity contribution in [3.8, 4) is 0 Å². The number of hydrogen-bond donors (Lipinski definition) is 0. The Labute approximate surface area is 519 Å². The van der Waals surface area contributed by atoms with Gasteiger partial charge in [0.15, 0.2) is 12.4 Å². The number of carboxylic acids is 1. The van der Waals surface area contributed by atoms with E-state index in [1.54, 1.807) is 0 Å². The van der Waals surface area contributed by atoms with E-state index in [0.717, 1.165) is 135 Å². The zero-order valence-corrected chi connectivity index (χ0v) is 54.1. The molecule has 0 aromatic heterocycles. The zero-order chi connectivity index (χ0) is 61.9. The maximum Gasteiger partial charge on any atom is 0.306 e. The molecule has 2 unspecified atom stereocenters. The average molecular weight is 1170 g/mol. The van der Waals surface area contributed by atoms with Crippen molar-refractivity contribution < 1.29 is 42.9 Å². The first-order valence-electron chi connectivity index (χ1n) is 32.9. The summed E-state index contributed by atoms with van der Waals surface area (Å²) >= 11 is 0. The highest BCUT2D eigenvalue weighted by atomic mass is 16.7. The minimum Gasteiger partial charge on any atom is -0.545 e. The molecule has 0 spiro atoms. The minimum atomic E-state index is -1.64. The number of likely N-dealkylation sites (N-methyl/N-ethyl adjacent to an activating group) is 1. The third-order valence-electron chi connectivity index (χ3n) is 13.1. The van der Waals surface area contributed by atoms with Gasteiger partial charge in [-0.3, -0.25) is 9.59 Å². The zero-order valence-electron chi connectivity index (χ0n) is 54.1. The molecule has 0 aliphatic carbocycles. The number of unbranched alkanes of at least 4 members (excludes halogenated alkanes) is 13. The highest BCUT2D eigenvalue weighted by molar-refractivity contribution is 5.70. The third kappa shape index (κ3) is 65.8. The summed E-state index contributed by atoms with van der Waals surface area (Å²) in [6, 6.07) is 0. The normalized spacial score (nSPS) is 13.9. The van der Waals surface area contributed by atoms with Crippen LogP contribution in [-0.4, -0.2) is 82.3 Å². The molecule has 0 radical (unpaired) electrons. The molecule has 0 aliphatic rings. The summed E-state index contributed by atoms with van der Waals surface area (Å²) in [6.45, 7) is 4.44. The van der Waals surface area contributed by atoms with Crippen molar-refractivity contribution in [3.05, 3.63) is 182 Å². The number of aliphatic carboxylic acids is 1. The summed E-state index contributed by atoms with van der Waals surface area (Å²) in [6.07, 6.45) is 95.3. The van der Waals surface area contributed by atoms with Gasteiger partial charge in [-0.25, -0.2) is 0 Å². The van der Waals surface area contributed by atoms with Gasteiger partial charge in [0.2, 0.25) is 0 Å². The molecule has 0 bridgehead atoms. The fourth-order valence-corrected chi connectivity index (χ4v) is 8.18. The lowest BCUT2D eigenvalue weighted by atomic mass is 10.0. The second-order valence-electron chi connectivity index (χ2n) is 22.3. The molecule has 0 heterocycles. The highest BCUT2D eigenvalue weighted by Gasteiger charge is 2.22. The molecule has 0 aromatic carbocycles. The van der Waals surface area contributed by atoms with Crippen LogP contribution in [0, 0.1) is 0 Å². The SMILES string of the molecule is CC/C=C\C/C=C\C/C=C\C/C=C\C/C=C\C/C=C\C/C=C\C/C=C\C/C=C\CCCCCCCCCCCCCC(=O)OC(COC(=O)CCCC/C=C\C/C=C\C/C=C\C/C=C\C/C=C\C/C=C\CC)COC(OCC[N+](C)(C)C)C(=O)[O-]. The van der Waals surface area contributed by atoms with Crippen LogP contribution in [0.2, 0.25) is 0 Å². The molecule has 9 heteroatoms. The summed E-state index contributed by atoms with van der Waals surface area (Å²) < 4.78 is 22.7. The maximum atomic E-state index is 12.9. The molecular formula is C76H119NO8. The van der Waals surface area contributed by atoms with Gasteiger partial charge in [0, 0.05) is 12.8 Å². The van der Waals surface area contributed by atoms with Gasteiger partial charge in [-0.1, -0.05) is 254 Å². The number of esters is 2. The molecule has 0 rings (SSSR count). The minimum absolute atomic E-state index is 0.130. The smallest absolute Gasteiger partial charge is 0.306 e. The monoisotopic (exact) mass is 1170 g/mol. The molecule has 9 nitrogen and oxygen atoms in total. The number of allylic oxidation sites excluding steroid dienone is 30. The van der Waals surface area contributed by atoms with Crippen LogP contribution in [0.25, 0.3) is 0 Å². The Bertz CT molecular complexity index is 2050. The van der Waals surface area contributed by atoms with Crippen molar-refractivity contribution in [3.63, 3.8) is 0 Å².